The number of pyridine rings is 1. The second kappa shape index (κ2) is 7.50. The number of H-pyrrole nitrogens is 1. The molecule has 3 aromatic rings. The van der Waals surface area contributed by atoms with Crippen LogP contribution in [0.5, 0.6) is 0 Å². The van der Waals surface area contributed by atoms with Crippen LogP contribution in [0.3, 0.4) is 0 Å². The lowest BCUT2D eigenvalue weighted by molar-refractivity contribution is -0.126. The summed E-state index contributed by atoms with van der Waals surface area (Å²) >= 11 is 0. The lowest BCUT2D eigenvalue weighted by atomic mass is 10.0. The zero-order valence-electron chi connectivity index (χ0n) is 16.2. The molecule has 2 aromatic heterocycles. The summed E-state index contributed by atoms with van der Waals surface area (Å²) in [5.74, 6) is 0.0723. The number of anilines is 1. The highest BCUT2D eigenvalue weighted by molar-refractivity contribution is 5.94. The van der Waals surface area contributed by atoms with E-state index in [1.165, 1.54) is 18.2 Å². The third kappa shape index (κ3) is 3.76. The zero-order chi connectivity index (χ0) is 20.5. The second-order valence-electron chi connectivity index (χ2n) is 7.22. The van der Waals surface area contributed by atoms with E-state index in [4.69, 9.17) is 0 Å². The molecule has 1 atom stereocenters. The van der Waals surface area contributed by atoms with Crippen LogP contribution in [0.25, 0.3) is 17.0 Å². The lowest BCUT2D eigenvalue weighted by Crippen LogP contribution is -2.27. The van der Waals surface area contributed by atoms with E-state index in [2.05, 4.69) is 15.3 Å². The molecule has 7 heteroatoms. The van der Waals surface area contributed by atoms with Crippen molar-refractivity contribution >= 4 is 34.6 Å². The fraction of sp³-hybridized carbons (Fsp3) is 0.227. The number of hydrogen-bond acceptors (Lipinski definition) is 3. The number of aryl methyl sites for hydroxylation is 1. The van der Waals surface area contributed by atoms with Crippen molar-refractivity contribution in [1.82, 2.24) is 14.9 Å². The van der Waals surface area contributed by atoms with Gasteiger partial charge in [0.2, 0.25) is 11.8 Å². The Morgan fingerprint density at radius 2 is 2.14 bits per heavy atom. The predicted molar refractivity (Wildman–Crippen MR) is 110 cm³/mol. The topological polar surface area (TPSA) is 78.1 Å². The Kier molecular flexibility index (Phi) is 4.88. The number of nitrogens with one attached hydrogen (secondary N) is 2. The molecule has 0 aliphatic carbocycles. The van der Waals surface area contributed by atoms with E-state index < -0.39 is 0 Å². The van der Waals surface area contributed by atoms with E-state index in [1.807, 2.05) is 19.2 Å². The SMILES string of the molecule is CC(c1c[nH]c2ccc(F)cc12)N(C)C(=O)C=Cc1cnc2c(c1)CCC(=O)N2. The molecule has 1 unspecified atom stereocenters. The first-order chi connectivity index (χ1) is 13.9. The van der Waals surface area contributed by atoms with Crippen molar-refractivity contribution < 1.29 is 14.0 Å². The highest BCUT2D eigenvalue weighted by Gasteiger charge is 2.19. The highest BCUT2D eigenvalue weighted by atomic mass is 19.1. The number of halogens is 1. The number of amides is 2. The molecule has 2 amide bonds. The predicted octanol–water partition coefficient (Wildman–Crippen LogP) is 3.82. The van der Waals surface area contributed by atoms with Crippen molar-refractivity contribution in [2.75, 3.05) is 12.4 Å². The minimum atomic E-state index is -0.310. The van der Waals surface area contributed by atoms with Gasteiger partial charge in [0.05, 0.1) is 6.04 Å². The molecule has 0 radical (unpaired) electrons. The number of likely N-dealkylation sites (N-methyl/N-ethyl adjacent to an activating group) is 1. The molecule has 1 aliphatic heterocycles. The largest absolute Gasteiger partial charge is 0.361 e. The van der Waals surface area contributed by atoms with Crippen LogP contribution in [-0.4, -0.2) is 33.7 Å². The summed E-state index contributed by atoms with van der Waals surface area (Å²) < 4.78 is 13.6. The Morgan fingerprint density at radius 3 is 2.97 bits per heavy atom. The number of carbonyl (C=O) groups is 2. The molecule has 6 nitrogen and oxygen atoms in total. The first kappa shape index (κ1) is 18.9. The maximum Gasteiger partial charge on any atom is 0.246 e. The Labute approximate surface area is 167 Å². The number of hydrogen-bond donors (Lipinski definition) is 2. The summed E-state index contributed by atoms with van der Waals surface area (Å²) in [5.41, 5.74) is 3.44. The van der Waals surface area contributed by atoms with Gasteiger partial charge in [-0.15, -0.1) is 0 Å². The quantitative estimate of drug-likeness (QED) is 0.663. The number of carbonyl (C=O) groups excluding carboxylic acids is 2. The van der Waals surface area contributed by atoms with Gasteiger partial charge in [0.1, 0.15) is 11.6 Å². The molecule has 0 saturated heterocycles. The maximum absolute atomic E-state index is 13.6. The van der Waals surface area contributed by atoms with Gasteiger partial charge in [0, 0.05) is 42.8 Å². The van der Waals surface area contributed by atoms with Crippen molar-refractivity contribution in [3.63, 3.8) is 0 Å². The van der Waals surface area contributed by atoms with Crippen molar-refractivity contribution in [1.29, 1.82) is 0 Å². The van der Waals surface area contributed by atoms with Gasteiger partial charge in [-0.3, -0.25) is 9.59 Å². The van der Waals surface area contributed by atoms with E-state index in [1.54, 1.807) is 30.3 Å². The Bertz CT molecular complexity index is 1140. The number of benzene rings is 1. The van der Waals surface area contributed by atoms with Gasteiger partial charge in [0.25, 0.3) is 0 Å². The van der Waals surface area contributed by atoms with Crippen LogP contribution >= 0.6 is 0 Å². The van der Waals surface area contributed by atoms with Crippen molar-refractivity contribution in [3.05, 3.63) is 65.2 Å². The normalized spacial score (nSPS) is 14.7. The Morgan fingerprint density at radius 1 is 1.31 bits per heavy atom. The molecular formula is C22H21FN4O2. The molecule has 29 heavy (non-hydrogen) atoms. The van der Waals surface area contributed by atoms with Crippen LogP contribution in [-0.2, 0) is 16.0 Å². The molecule has 2 N–H and O–H groups in total. The first-order valence-corrected chi connectivity index (χ1v) is 9.42. The van der Waals surface area contributed by atoms with Gasteiger partial charge < -0.3 is 15.2 Å². The molecule has 0 spiro atoms. The zero-order valence-corrected chi connectivity index (χ0v) is 16.2. The molecule has 3 heterocycles. The van der Waals surface area contributed by atoms with Crippen molar-refractivity contribution in [2.24, 2.45) is 0 Å². The number of aromatic amines is 1. The van der Waals surface area contributed by atoms with E-state index in [0.717, 1.165) is 27.6 Å². The minimum absolute atomic E-state index is 0.0313. The standard InChI is InChI=1S/C22H21FN4O2/c1-13(18-12-24-19-6-5-16(23)10-17(18)19)27(2)21(29)8-3-14-9-15-4-7-20(28)26-22(15)25-11-14/h3,5-6,8-13,24H,4,7H2,1-2H3,(H,25,26,28). The van der Waals surface area contributed by atoms with Gasteiger partial charge in [-0.1, -0.05) is 0 Å². The summed E-state index contributed by atoms with van der Waals surface area (Å²) in [6.07, 6.45) is 7.72. The average Bonchev–Trinajstić information content (AvgIpc) is 3.13. The van der Waals surface area contributed by atoms with Gasteiger partial charge >= 0.3 is 0 Å². The van der Waals surface area contributed by atoms with Gasteiger partial charge in [-0.2, -0.15) is 0 Å². The van der Waals surface area contributed by atoms with E-state index in [-0.39, 0.29) is 23.7 Å². The molecule has 0 bridgehead atoms. The number of fused-ring (bicyclic) bond motifs is 2. The summed E-state index contributed by atoms with van der Waals surface area (Å²) in [7, 11) is 1.72. The molecule has 1 aromatic carbocycles. The van der Waals surface area contributed by atoms with Crippen LogP contribution in [0.15, 0.2) is 42.7 Å². The number of rotatable bonds is 4. The minimum Gasteiger partial charge on any atom is -0.361 e. The smallest absolute Gasteiger partial charge is 0.246 e. The van der Waals surface area contributed by atoms with Crippen LogP contribution in [0.2, 0.25) is 0 Å². The number of nitrogens with zero attached hydrogens (tertiary/aromatic N) is 2. The first-order valence-electron chi connectivity index (χ1n) is 9.42. The van der Waals surface area contributed by atoms with Gasteiger partial charge in [-0.25, -0.2) is 9.37 Å². The molecule has 0 saturated carbocycles. The molecule has 4 rings (SSSR count). The van der Waals surface area contributed by atoms with E-state index in [9.17, 15) is 14.0 Å². The third-order valence-corrected chi connectivity index (χ3v) is 5.34. The number of aromatic nitrogens is 2. The van der Waals surface area contributed by atoms with Crippen molar-refractivity contribution in [3.8, 4) is 0 Å². The van der Waals surface area contributed by atoms with Crippen LogP contribution < -0.4 is 5.32 Å². The van der Waals surface area contributed by atoms with Gasteiger partial charge in [-0.05, 0) is 60.4 Å². The summed E-state index contributed by atoms with van der Waals surface area (Å²) in [6.45, 7) is 1.91. The average molecular weight is 392 g/mol. The van der Waals surface area contributed by atoms with Crippen LogP contribution in [0, 0.1) is 5.82 Å². The van der Waals surface area contributed by atoms with Crippen LogP contribution in [0.1, 0.15) is 36.1 Å². The van der Waals surface area contributed by atoms with Crippen LogP contribution in [0.4, 0.5) is 10.2 Å². The summed E-state index contributed by atoms with van der Waals surface area (Å²) in [6, 6.07) is 6.26. The molecule has 0 fully saturated rings. The summed E-state index contributed by atoms with van der Waals surface area (Å²) in [5, 5.41) is 3.51. The van der Waals surface area contributed by atoms with Gasteiger partial charge in [0.15, 0.2) is 0 Å². The molecular weight excluding hydrogens is 371 g/mol. The van der Waals surface area contributed by atoms with E-state index in [0.29, 0.717) is 18.7 Å². The highest BCUT2D eigenvalue weighted by Crippen LogP contribution is 2.28. The second-order valence-corrected chi connectivity index (χ2v) is 7.22. The molecule has 1 aliphatic rings. The maximum atomic E-state index is 13.6. The third-order valence-electron chi connectivity index (χ3n) is 5.34. The van der Waals surface area contributed by atoms with E-state index >= 15 is 0 Å². The van der Waals surface area contributed by atoms with Crippen molar-refractivity contribution in [2.45, 2.75) is 25.8 Å². The fourth-order valence-electron chi connectivity index (χ4n) is 3.51. The molecule has 148 valence electrons. The Balaban J connectivity index is 1.50. The summed E-state index contributed by atoms with van der Waals surface area (Å²) in [4.78, 5) is 33.1. The Hall–Kier alpha value is -3.48. The lowest BCUT2D eigenvalue weighted by Gasteiger charge is -2.23. The fourth-order valence-corrected chi connectivity index (χ4v) is 3.51. The monoisotopic (exact) mass is 392 g/mol.